The van der Waals surface area contributed by atoms with E-state index < -0.39 is 28.0 Å². The number of ether oxygens (including phenoxy) is 6. The molecule has 0 aliphatic rings. The van der Waals surface area contributed by atoms with Gasteiger partial charge in [-0.25, -0.2) is 0 Å². The molecule has 2 aromatic carbocycles. The molecule has 67 heavy (non-hydrogen) atoms. The van der Waals surface area contributed by atoms with Crippen molar-refractivity contribution in [2.75, 3.05) is 73.7 Å². The standard InChI is InChI=1S/C36H61N2O9P.C8H20NO3P.3C2H6/c1-35(2,3)46-48(47-36(4,5)6)27-38(25-31-15-10-12-18-34(31)45-29-43-23-21-41-8)26-32(16-13-19-39)37-24-30-14-9-11-17-33(30)44-28-42-22-20-40-7;1-7(2,3)9(10)13(11)12-8(4,5)6;3*1-2/h9-12,14-15,17-18,32,37,39H,13,16,19-29H2,1-8H3;10-11H,1-6H3;3*1-2H3. The zero-order valence-corrected chi connectivity index (χ0v) is 47.5. The van der Waals surface area contributed by atoms with Gasteiger partial charge in [0.2, 0.25) is 0 Å². The van der Waals surface area contributed by atoms with Gasteiger partial charge >= 0.3 is 0 Å². The predicted octanol–water partition coefficient (Wildman–Crippen LogP) is 11.9. The molecule has 0 saturated heterocycles. The number of para-hydroxylation sites is 2. The topological polar surface area (TPSA) is 162 Å². The van der Waals surface area contributed by atoms with Crippen molar-refractivity contribution in [2.24, 2.45) is 0 Å². The number of hydrogen-bond donors (Lipinski definition) is 4. The molecular weight excluding hydrogens is 897 g/mol. The normalized spacial score (nSPS) is 12.7. The maximum absolute atomic E-state index is 9.79. The van der Waals surface area contributed by atoms with E-state index in [1.165, 1.54) is 0 Å². The van der Waals surface area contributed by atoms with Crippen LogP contribution in [0.3, 0.4) is 0 Å². The first-order valence-corrected chi connectivity index (χ1v) is 26.4. The van der Waals surface area contributed by atoms with Gasteiger partial charge in [-0.1, -0.05) is 77.9 Å². The number of methoxy groups -OCH3 is 2. The molecule has 0 bridgehead atoms. The molecule has 15 nitrogen and oxygen atoms in total. The first kappa shape index (κ1) is 69.6. The fourth-order valence-electron chi connectivity index (χ4n) is 5.14. The number of rotatable bonds is 28. The van der Waals surface area contributed by atoms with E-state index >= 15 is 0 Å². The summed E-state index contributed by atoms with van der Waals surface area (Å²) in [5.41, 5.74) is 0.333. The van der Waals surface area contributed by atoms with Crippen molar-refractivity contribution in [3.8, 4) is 11.5 Å². The van der Waals surface area contributed by atoms with Gasteiger partial charge < -0.3 is 62.5 Å². The minimum atomic E-state index is -1.93. The van der Waals surface area contributed by atoms with Gasteiger partial charge in [-0.2, -0.15) is 0 Å². The van der Waals surface area contributed by atoms with Gasteiger partial charge in [0.05, 0.1) is 49.5 Å². The Balaban J connectivity index is -0.00000182. The number of hydrogen-bond acceptors (Lipinski definition) is 15. The quantitative estimate of drug-likeness (QED) is 0.0275. The Morgan fingerprint density at radius 2 is 1.06 bits per heavy atom. The van der Waals surface area contributed by atoms with Crippen molar-refractivity contribution < 1.29 is 57.2 Å². The van der Waals surface area contributed by atoms with E-state index in [2.05, 4.69) is 57.8 Å². The summed E-state index contributed by atoms with van der Waals surface area (Å²) in [6.07, 6.45) is 2.03. The van der Waals surface area contributed by atoms with Crippen molar-refractivity contribution in [2.45, 2.75) is 179 Å². The Bertz CT molecular complexity index is 1410. The second-order valence-electron chi connectivity index (χ2n) is 18.3. The molecule has 0 amide bonds. The second kappa shape index (κ2) is 40.0. The molecule has 0 spiro atoms. The highest BCUT2D eigenvalue weighted by molar-refractivity contribution is 7.47. The zero-order chi connectivity index (χ0) is 52.1. The van der Waals surface area contributed by atoms with E-state index in [4.69, 9.17) is 42.0 Å². The predicted molar refractivity (Wildman–Crippen MR) is 278 cm³/mol. The van der Waals surface area contributed by atoms with Crippen molar-refractivity contribution >= 4 is 16.9 Å². The number of hydroxylamine groups is 1. The van der Waals surface area contributed by atoms with Crippen LogP contribution in [0.5, 0.6) is 11.5 Å². The Kier molecular flexibility index (Phi) is 41.6. The van der Waals surface area contributed by atoms with E-state index in [9.17, 15) is 15.2 Å². The highest BCUT2D eigenvalue weighted by atomic mass is 31.2. The third-order valence-electron chi connectivity index (χ3n) is 7.75. The van der Waals surface area contributed by atoms with E-state index in [1.54, 1.807) is 35.0 Å². The van der Waals surface area contributed by atoms with Crippen molar-refractivity contribution in [1.82, 2.24) is 15.1 Å². The molecule has 0 aliphatic carbocycles. The molecule has 0 saturated carbocycles. The molecule has 2 unspecified atom stereocenters. The van der Waals surface area contributed by atoms with Crippen LogP contribution in [0.2, 0.25) is 0 Å². The van der Waals surface area contributed by atoms with Gasteiger partial charge in [-0.05, 0) is 108 Å². The Hall–Kier alpha value is -1.62. The van der Waals surface area contributed by atoms with Crippen LogP contribution in [0.4, 0.5) is 0 Å². The van der Waals surface area contributed by atoms with Gasteiger partial charge in [0.15, 0.2) is 22.0 Å². The monoisotopic (exact) mass is 996 g/mol. The number of aliphatic hydroxyl groups is 1. The molecule has 0 aliphatic heterocycles. The summed E-state index contributed by atoms with van der Waals surface area (Å²) in [6, 6.07) is 16.0. The highest BCUT2D eigenvalue weighted by Crippen LogP contribution is 2.47. The summed E-state index contributed by atoms with van der Waals surface area (Å²) in [6.45, 7) is 39.4. The Morgan fingerprint density at radius 1 is 0.627 bits per heavy atom. The molecule has 2 rings (SSSR count). The molecular formula is C50H99N3O12P2. The largest absolute Gasteiger partial charge is 0.467 e. The third kappa shape index (κ3) is 38.8. The second-order valence-corrected chi connectivity index (χ2v) is 20.7. The molecule has 396 valence electrons. The molecule has 17 heteroatoms. The van der Waals surface area contributed by atoms with Crippen LogP contribution < -0.4 is 14.8 Å². The maximum atomic E-state index is 9.79. The first-order valence-electron chi connectivity index (χ1n) is 23.9. The molecule has 0 fully saturated rings. The van der Waals surface area contributed by atoms with Crippen molar-refractivity contribution in [3.63, 3.8) is 0 Å². The fraction of sp³-hybridized carbons (Fsp3) is 0.760. The Morgan fingerprint density at radius 3 is 1.48 bits per heavy atom. The van der Waals surface area contributed by atoms with E-state index in [-0.39, 0.29) is 37.4 Å². The summed E-state index contributed by atoms with van der Waals surface area (Å²) in [5, 5.41) is 23.0. The SMILES string of the molecule is CC.CC.CC.CC(C)(C)OP(O)N(O)C(C)(C)C.COCCOCOc1ccccc1CNC(CCCO)CN(Cc1ccccc1OCOCCOC)CP(OC(C)(C)C)OC(C)(C)C. The van der Waals surface area contributed by atoms with E-state index in [0.717, 1.165) is 33.9 Å². The van der Waals surface area contributed by atoms with Crippen LogP contribution in [0.1, 0.15) is 149 Å². The van der Waals surface area contributed by atoms with Crippen LogP contribution in [0.15, 0.2) is 48.5 Å². The lowest BCUT2D eigenvalue weighted by atomic mass is 10.1. The van der Waals surface area contributed by atoms with E-state index in [1.807, 2.05) is 105 Å². The lowest BCUT2D eigenvalue weighted by Crippen LogP contribution is -2.41. The summed E-state index contributed by atoms with van der Waals surface area (Å²) >= 11 is 0. The highest BCUT2D eigenvalue weighted by Gasteiger charge is 2.32. The third-order valence-corrected chi connectivity index (χ3v) is 11.5. The minimum Gasteiger partial charge on any atom is -0.467 e. The molecule has 0 aromatic heterocycles. The smallest absolute Gasteiger partial charge is 0.281 e. The Labute approximate surface area is 411 Å². The first-order chi connectivity index (χ1) is 31.5. The number of nitrogens with zero attached hydrogens (tertiary/aromatic N) is 2. The van der Waals surface area contributed by atoms with Crippen LogP contribution >= 0.6 is 16.9 Å². The minimum absolute atomic E-state index is 0.0507. The molecule has 0 heterocycles. The summed E-state index contributed by atoms with van der Waals surface area (Å²) in [4.78, 5) is 12.7. The van der Waals surface area contributed by atoms with Crippen molar-refractivity contribution in [1.29, 1.82) is 0 Å². The fourth-order valence-corrected chi connectivity index (χ4v) is 8.14. The van der Waals surface area contributed by atoms with Crippen LogP contribution in [0, 0.1) is 0 Å². The number of benzene rings is 2. The molecule has 2 atom stereocenters. The van der Waals surface area contributed by atoms with Crippen molar-refractivity contribution in [3.05, 3.63) is 59.7 Å². The van der Waals surface area contributed by atoms with Crippen LogP contribution in [0.25, 0.3) is 0 Å². The summed E-state index contributed by atoms with van der Waals surface area (Å²) in [5.74, 6) is 1.52. The van der Waals surface area contributed by atoms with E-state index in [0.29, 0.717) is 58.8 Å². The average Bonchev–Trinajstić information content (AvgIpc) is 3.25. The number of aliphatic hydroxyl groups excluding tert-OH is 1. The van der Waals surface area contributed by atoms with Gasteiger partial charge in [0.1, 0.15) is 11.5 Å². The maximum Gasteiger partial charge on any atom is 0.281 e. The van der Waals surface area contributed by atoms with Crippen LogP contribution in [-0.2, 0) is 45.6 Å². The number of nitrogens with one attached hydrogen (secondary N) is 1. The van der Waals surface area contributed by atoms with Crippen LogP contribution in [-0.4, -0.2) is 127 Å². The average molecular weight is 996 g/mol. The lowest BCUT2D eigenvalue weighted by molar-refractivity contribution is -0.0911. The summed E-state index contributed by atoms with van der Waals surface area (Å²) in [7, 11) is 0.0708. The zero-order valence-electron chi connectivity index (χ0n) is 45.7. The van der Waals surface area contributed by atoms with Gasteiger partial charge in [-0.3, -0.25) is 4.90 Å². The molecule has 0 radical (unpaired) electrons. The summed E-state index contributed by atoms with van der Waals surface area (Å²) < 4.78 is 51.5. The molecule has 2 aromatic rings. The van der Waals surface area contributed by atoms with Gasteiger partial charge in [0.25, 0.3) is 8.53 Å². The molecule has 4 N–H and O–H groups in total. The van der Waals surface area contributed by atoms with Gasteiger partial charge in [0, 0.05) is 63.2 Å². The lowest BCUT2D eigenvalue weighted by Gasteiger charge is -2.36. The van der Waals surface area contributed by atoms with Gasteiger partial charge in [-0.15, -0.1) is 4.83 Å².